The summed E-state index contributed by atoms with van der Waals surface area (Å²) in [4.78, 5) is 14.8. The quantitative estimate of drug-likeness (QED) is 0.605. The maximum Gasteiger partial charge on any atom is 0.323 e. The number of hydrogen-bond donors (Lipinski definition) is 3. The molecule has 0 radical (unpaired) electrons. The van der Waals surface area contributed by atoms with Crippen LogP contribution in [0.3, 0.4) is 0 Å². The Labute approximate surface area is 144 Å². The van der Waals surface area contributed by atoms with Crippen molar-refractivity contribution in [1.82, 2.24) is 14.8 Å². The highest BCUT2D eigenvalue weighted by Crippen LogP contribution is 2.45. The summed E-state index contributed by atoms with van der Waals surface area (Å²) < 4.78 is 53.8. The molecule has 6 nitrogen and oxygen atoms in total. The lowest BCUT2D eigenvalue weighted by Gasteiger charge is -2.34. The van der Waals surface area contributed by atoms with Gasteiger partial charge in [0.25, 0.3) is 5.92 Å². The minimum absolute atomic E-state index is 0.266. The molecule has 0 unspecified atom stereocenters. The van der Waals surface area contributed by atoms with E-state index in [-0.39, 0.29) is 18.5 Å². The second kappa shape index (κ2) is 5.75. The van der Waals surface area contributed by atoms with Crippen molar-refractivity contribution in [3.05, 3.63) is 42.4 Å². The van der Waals surface area contributed by atoms with E-state index in [1.54, 1.807) is 0 Å². The van der Waals surface area contributed by atoms with E-state index in [9.17, 15) is 22.4 Å². The number of nitrogens with one attached hydrogen (secondary N) is 3. The minimum atomic E-state index is -2.66. The van der Waals surface area contributed by atoms with Gasteiger partial charge in [-0.25, -0.2) is 22.4 Å². The van der Waals surface area contributed by atoms with Crippen LogP contribution in [0.5, 0.6) is 0 Å². The Morgan fingerprint density at radius 1 is 1.23 bits per heavy atom. The Bertz CT molecular complexity index is 988. The molecule has 136 valence electrons. The van der Waals surface area contributed by atoms with E-state index in [2.05, 4.69) is 20.7 Å². The second-order valence-corrected chi connectivity index (χ2v) is 6.22. The molecule has 0 bridgehead atoms. The van der Waals surface area contributed by atoms with E-state index in [1.165, 1.54) is 23.3 Å². The van der Waals surface area contributed by atoms with Crippen molar-refractivity contribution in [3.63, 3.8) is 0 Å². The first-order valence-electron chi connectivity index (χ1n) is 7.77. The average molecular weight is 367 g/mol. The molecule has 1 aliphatic rings. The van der Waals surface area contributed by atoms with Crippen LogP contribution in [0.2, 0.25) is 0 Å². The minimum Gasteiger partial charge on any atom is -0.359 e. The van der Waals surface area contributed by atoms with Crippen LogP contribution in [0.25, 0.3) is 10.9 Å². The van der Waals surface area contributed by atoms with Crippen molar-refractivity contribution in [3.8, 4) is 0 Å². The summed E-state index contributed by atoms with van der Waals surface area (Å²) in [5.74, 6) is -4.69. The largest absolute Gasteiger partial charge is 0.359 e. The Hall–Kier alpha value is -3.04. The number of urea groups is 1. The summed E-state index contributed by atoms with van der Waals surface area (Å²) in [6.07, 6.45) is 3.66. The van der Waals surface area contributed by atoms with Gasteiger partial charge in [-0.3, -0.25) is 4.68 Å². The van der Waals surface area contributed by atoms with Crippen LogP contribution in [0.15, 0.2) is 30.7 Å². The molecule has 1 aromatic carbocycles. The van der Waals surface area contributed by atoms with Crippen molar-refractivity contribution in [2.75, 3.05) is 10.6 Å². The normalized spacial score (nSPS) is 16.5. The summed E-state index contributed by atoms with van der Waals surface area (Å²) in [7, 11) is 0. The number of aromatic nitrogens is 3. The number of carbonyl (C=O) groups excluding carboxylic acids is 1. The average Bonchev–Trinajstić information content (AvgIpc) is 3.13. The Morgan fingerprint density at radius 2 is 1.96 bits per heavy atom. The maximum atomic E-state index is 13.4. The van der Waals surface area contributed by atoms with Crippen LogP contribution >= 0.6 is 0 Å². The molecule has 2 heterocycles. The number of amides is 2. The number of carbonyl (C=O) groups is 1. The number of hydrogen-bond acceptors (Lipinski definition) is 2. The van der Waals surface area contributed by atoms with E-state index in [1.807, 2.05) is 0 Å². The number of halogens is 4. The molecule has 3 N–H and O–H groups in total. The Balaban J connectivity index is 1.43. The van der Waals surface area contributed by atoms with Crippen molar-refractivity contribution in [2.24, 2.45) is 0 Å². The SMILES string of the molecule is O=C(Nc1cnn(C2CC(F)(F)C2)c1)Nc1c[nH]c2cc(F)c(F)cc12. The highest BCUT2D eigenvalue weighted by molar-refractivity contribution is 6.05. The molecule has 0 aliphatic heterocycles. The van der Waals surface area contributed by atoms with E-state index in [0.717, 1.165) is 12.1 Å². The van der Waals surface area contributed by atoms with Crippen molar-refractivity contribution in [1.29, 1.82) is 0 Å². The van der Waals surface area contributed by atoms with Gasteiger partial charge in [0.2, 0.25) is 0 Å². The third kappa shape index (κ3) is 2.98. The summed E-state index contributed by atoms with van der Waals surface area (Å²) in [6, 6.07) is 0.946. The molecule has 2 aromatic heterocycles. The predicted octanol–water partition coefficient (Wildman–Crippen LogP) is 4.26. The lowest BCUT2D eigenvalue weighted by atomic mass is 9.88. The fourth-order valence-corrected chi connectivity index (χ4v) is 2.92. The Morgan fingerprint density at radius 3 is 2.69 bits per heavy atom. The monoisotopic (exact) mass is 367 g/mol. The van der Waals surface area contributed by atoms with Crippen LogP contribution in [0.1, 0.15) is 18.9 Å². The highest BCUT2D eigenvalue weighted by Gasteiger charge is 2.46. The fraction of sp³-hybridized carbons (Fsp3) is 0.250. The Kier molecular flexibility index (Phi) is 3.63. The van der Waals surface area contributed by atoms with Gasteiger partial charge in [0.15, 0.2) is 11.6 Å². The van der Waals surface area contributed by atoms with Crippen LogP contribution in [0, 0.1) is 11.6 Å². The van der Waals surface area contributed by atoms with Crippen LogP contribution < -0.4 is 10.6 Å². The third-order valence-electron chi connectivity index (χ3n) is 4.27. The molecule has 26 heavy (non-hydrogen) atoms. The number of alkyl halides is 2. The first kappa shape index (κ1) is 16.4. The highest BCUT2D eigenvalue weighted by atomic mass is 19.3. The molecule has 1 saturated carbocycles. The number of H-pyrrole nitrogens is 1. The summed E-state index contributed by atoms with van der Waals surface area (Å²) >= 11 is 0. The molecule has 1 aliphatic carbocycles. The zero-order valence-corrected chi connectivity index (χ0v) is 13.2. The molecule has 0 atom stereocenters. The van der Waals surface area contributed by atoms with Gasteiger partial charge in [0.1, 0.15) is 0 Å². The maximum absolute atomic E-state index is 13.4. The van der Waals surface area contributed by atoms with Crippen LogP contribution in [0.4, 0.5) is 33.7 Å². The predicted molar refractivity (Wildman–Crippen MR) is 86.3 cm³/mol. The van der Waals surface area contributed by atoms with Gasteiger partial charge in [0, 0.05) is 36.7 Å². The molecule has 1 fully saturated rings. The van der Waals surface area contributed by atoms with Gasteiger partial charge < -0.3 is 15.6 Å². The fourth-order valence-electron chi connectivity index (χ4n) is 2.92. The molecule has 4 rings (SSSR count). The first-order chi connectivity index (χ1) is 12.3. The summed E-state index contributed by atoms with van der Waals surface area (Å²) in [5, 5.41) is 9.30. The van der Waals surface area contributed by atoms with Gasteiger partial charge in [-0.15, -0.1) is 0 Å². The lowest BCUT2D eigenvalue weighted by Crippen LogP contribution is -2.37. The van der Waals surface area contributed by atoms with E-state index >= 15 is 0 Å². The third-order valence-corrected chi connectivity index (χ3v) is 4.27. The smallest absolute Gasteiger partial charge is 0.323 e. The topological polar surface area (TPSA) is 74.7 Å². The number of aromatic amines is 1. The van der Waals surface area contributed by atoms with Crippen molar-refractivity contribution < 1.29 is 22.4 Å². The number of benzene rings is 1. The standard InChI is InChI=1S/C16H13F4N5O/c17-11-1-10-13(2-12(11)18)21-6-14(10)24-15(26)23-8-5-22-25(7-8)9-3-16(19,20)4-9/h1-2,5-7,9,21H,3-4H2,(H2,23,24,26). The summed E-state index contributed by atoms with van der Waals surface area (Å²) in [6.45, 7) is 0. The van der Waals surface area contributed by atoms with Gasteiger partial charge in [-0.1, -0.05) is 0 Å². The van der Waals surface area contributed by atoms with Gasteiger partial charge in [-0.05, 0) is 6.07 Å². The summed E-state index contributed by atoms with van der Waals surface area (Å²) in [5.41, 5.74) is 0.926. The van der Waals surface area contributed by atoms with Gasteiger partial charge in [-0.2, -0.15) is 5.10 Å². The lowest BCUT2D eigenvalue weighted by molar-refractivity contribution is -0.106. The number of fused-ring (bicyclic) bond motifs is 1. The second-order valence-electron chi connectivity index (χ2n) is 6.22. The van der Waals surface area contributed by atoms with Gasteiger partial charge >= 0.3 is 6.03 Å². The van der Waals surface area contributed by atoms with Gasteiger partial charge in [0.05, 0.1) is 29.1 Å². The molecule has 10 heteroatoms. The van der Waals surface area contributed by atoms with Crippen LogP contribution in [-0.4, -0.2) is 26.7 Å². The number of anilines is 2. The van der Waals surface area contributed by atoms with E-state index in [0.29, 0.717) is 16.6 Å². The first-order valence-corrected chi connectivity index (χ1v) is 7.77. The zero-order valence-electron chi connectivity index (χ0n) is 13.2. The molecule has 0 spiro atoms. The van der Waals surface area contributed by atoms with Crippen molar-refractivity contribution >= 4 is 28.3 Å². The number of rotatable bonds is 3. The van der Waals surface area contributed by atoms with Crippen molar-refractivity contribution in [2.45, 2.75) is 24.8 Å². The zero-order chi connectivity index (χ0) is 18.5. The van der Waals surface area contributed by atoms with E-state index in [4.69, 9.17) is 0 Å². The number of nitrogens with zero attached hydrogens (tertiary/aromatic N) is 2. The molecule has 0 saturated heterocycles. The molecular weight excluding hydrogens is 354 g/mol. The molecule has 3 aromatic rings. The molecular formula is C16H13F4N5O. The van der Waals surface area contributed by atoms with Crippen LogP contribution in [-0.2, 0) is 0 Å². The van der Waals surface area contributed by atoms with E-state index < -0.39 is 29.6 Å². The molecule has 2 amide bonds.